The van der Waals surface area contributed by atoms with Crippen LogP contribution in [0.1, 0.15) is 37.2 Å². The molecule has 5 rings (SSSR count). The van der Waals surface area contributed by atoms with Crippen LogP contribution in [-0.4, -0.2) is 34.8 Å². The number of anilines is 1. The Morgan fingerprint density at radius 3 is 2.61 bits per heavy atom. The van der Waals surface area contributed by atoms with Crippen molar-refractivity contribution >= 4 is 5.82 Å². The van der Waals surface area contributed by atoms with Crippen molar-refractivity contribution in [1.29, 1.82) is 0 Å². The fourth-order valence-electron chi connectivity index (χ4n) is 4.68. The Labute approximate surface area is 211 Å². The fourth-order valence-corrected chi connectivity index (χ4v) is 4.68. The molecule has 0 aliphatic carbocycles. The van der Waals surface area contributed by atoms with Gasteiger partial charge in [-0.2, -0.15) is 0 Å². The first-order valence-electron chi connectivity index (χ1n) is 12.4. The topological polar surface area (TPSA) is 61.2 Å². The molecule has 7 heteroatoms. The summed E-state index contributed by atoms with van der Waals surface area (Å²) in [7, 11) is 1.66. The number of rotatable bonds is 10. The SMILES string of the molecule is CCCNc1cc(-c2c(-c3ccc(F)cc3)nc3n2[C@@H](COCc2ccc(OC)cc2)CC3)ccn1. The molecular weight excluding hydrogens is 455 g/mol. The first kappa shape index (κ1) is 24.0. The normalized spacial score (nSPS) is 14.6. The number of methoxy groups -OCH3 is 1. The van der Waals surface area contributed by atoms with Crippen molar-refractivity contribution in [3.8, 4) is 28.3 Å². The molecule has 0 amide bonds. The summed E-state index contributed by atoms with van der Waals surface area (Å²) in [6.07, 6.45) is 4.68. The van der Waals surface area contributed by atoms with Gasteiger partial charge in [-0.25, -0.2) is 14.4 Å². The van der Waals surface area contributed by atoms with Crippen molar-refractivity contribution in [1.82, 2.24) is 14.5 Å². The molecule has 6 nitrogen and oxygen atoms in total. The molecule has 0 saturated carbocycles. The number of fused-ring (bicyclic) bond motifs is 1. The molecule has 1 N–H and O–H groups in total. The average Bonchev–Trinajstić information content (AvgIpc) is 3.48. The molecule has 1 aliphatic rings. The molecule has 0 radical (unpaired) electrons. The van der Waals surface area contributed by atoms with Crippen molar-refractivity contribution in [2.45, 2.75) is 38.8 Å². The third-order valence-corrected chi connectivity index (χ3v) is 6.50. The highest BCUT2D eigenvalue weighted by Gasteiger charge is 2.30. The standard InChI is InChI=1S/C29H31FN4O2/c1-3-15-31-26-17-22(14-16-32-26)29-28(21-6-8-23(30)9-7-21)33-27-13-10-24(34(27)29)19-36-18-20-4-11-25(35-2)12-5-20/h4-9,11-12,14,16-17,24H,3,10,13,15,18-19H2,1-2H3,(H,31,32)/t24-/m1/s1. The van der Waals surface area contributed by atoms with Crippen LogP contribution in [0.5, 0.6) is 5.75 Å². The zero-order chi connectivity index (χ0) is 24.9. The van der Waals surface area contributed by atoms with Gasteiger partial charge >= 0.3 is 0 Å². The van der Waals surface area contributed by atoms with E-state index in [1.807, 2.05) is 36.5 Å². The van der Waals surface area contributed by atoms with E-state index in [1.165, 1.54) is 12.1 Å². The van der Waals surface area contributed by atoms with Gasteiger partial charge in [-0.1, -0.05) is 19.1 Å². The Hall–Kier alpha value is -3.71. The van der Waals surface area contributed by atoms with Crippen LogP contribution in [0.3, 0.4) is 0 Å². The second kappa shape index (κ2) is 10.9. The van der Waals surface area contributed by atoms with Crippen molar-refractivity contribution in [3.63, 3.8) is 0 Å². The van der Waals surface area contributed by atoms with Gasteiger partial charge in [-0.15, -0.1) is 0 Å². The molecule has 0 fully saturated rings. The second-order valence-corrected chi connectivity index (χ2v) is 9.01. The van der Waals surface area contributed by atoms with Crippen LogP contribution >= 0.6 is 0 Å². The van der Waals surface area contributed by atoms with Gasteiger partial charge in [0.2, 0.25) is 0 Å². The van der Waals surface area contributed by atoms with E-state index in [-0.39, 0.29) is 11.9 Å². The molecule has 1 atom stereocenters. The number of aryl methyl sites for hydroxylation is 1. The van der Waals surface area contributed by atoms with E-state index >= 15 is 0 Å². The molecule has 3 heterocycles. The second-order valence-electron chi connectivity index (χ2n) is 9.01. The lowest BCUT2D eigenvalue weighted by Crippen LogP contribution is -2.13. The van der Waals surface area contributed by atoms with Crippen molar-refractivity contribution in [2.24, 2.45) is 0 Å². The fraction of sp³-hybridized carbons (Fsp3) is 0.310. The highest BCUT2D eigenvalue weighted by atomic mass is 19.1. The van der Waals surface area contributed by atoms with E-state index in [0.29, 0.717) is 13.2 Å². The summed E-state index contributed by atoms with van der Waals surface area (Å²) in [5, 5.41) is 3.38. The molecule has 0 unspecified atom stereocenters. The van der Waals surface area contributed by atoms with Crippen molar-refractivity contribution < 1.29 is 13.9 Å². The van der Waals surface area contributed by atoms with Crippen molar-refractivity contribution in [2.75, 3.05) is 25.6 Å². The van der Waals surface area contributed by atoms with Gasteiger partial charge in [-0.05, 0) is 66.9 Å². The number of aromatic nitrogens is 3. The van der Waals surface area contributed by atoms with Crippen LogP contribution in [0.15, 0.2) is 66.9 Å². The number of benzene rings is 2. The predicted octanol–water partition coefficient (Wildman–Crippen LogP) is 6.29. The molecule has 36 heavy (non-hydrogen) atoms. The maximum Gasteiger partial charge on any atom is 0.126 e. The van der Waals surface area contributed by atoms with E-state index < -0.39 is 0 Å². The first-order chi connectivity index (χ1) is 17.7. The van der Waals surface area contributed by atoms with E-state index in [2.05, 4.69) is 27.9 Å². The molecule has 2 aromatic carbocycles. The molecule has 0 spiro atoms. The molecule has 2 aromatic heterocycles. The number of nitrogens with zero attached hydrogens (tertiary/aromatic N) is 3. The van der Waals surface area contributed by atoms with Crippen LogP contribution in [-0.2, 0) is 17.8 Å². The third kappa shape index (κ3) is 5.11. The van der Waals surface area contributed by atoms with Gasteiger partial charge in [0.05, 0.1) is 37.8 Å². The molecule has 0 saturated heterocycles. The summed E-state index contributed by atoms with van der Waals surface area (Å²) in [4.78, 5) is 9.51. The highest BCUT2D eigenvalue weighted by Crippen LogP contribution is 2.40. The van der Waals surface area contributed by atoms with Gasteiger partial charge in [0.25, 0.3) is 0 Å². The average molecular weight is 487 g/mol. The predicted molar refractivity (Wildman–Crippen MR) is 140 cm³/mol. The Kier molecular flexibility index (Phi) is 7.28. The quantitative estimate of drug-likeness (QED) is 0.286. The molecule has 186 valence electrons. The van der Waals surface area contributed by atoms with Gasteiger partial charge in [0.15, 0.2) is 0 Å². The lowest BCUT2D eigenvalue weighted by atomic mass is 10.0. The number of imidazole rings is 1. The van der Waals surface area contributed by atoms with Crippen LogP contribution in [0.2, 0.25) is 0 Å². The minimum absolute atomic E-state index is 0.162. The van der Waals surface area contributed by atoms with Gasteiger partial charge in [0, 0.05) is 30.3 Å². The van der Waals surface area contributed by atoms with Crippen molar-refractivity contribution in [3.05, 3.63) is 84.1 Å². The summed E-state index contributed by atoms with van der Waals surface area (Å²) in [6, 6.07) is 18.8. The summed E-state index contributed by atoms with van der Waals surface area (Å²) in [6.45, 7) is 4.10. The Bertz CT molecular complexity index is 1300. The number of pyridine rings is 1. The summed E-state index contributed by atoms with van der Waals surface area (Å²) >= 11 is 0. The van der Waals surface area contributed by atoms with Crippen LogP contribution in [0, 0.1) is 5.82 Å². The van der Waals surface area contributed by atoms with Crippen LogP contribution < -0.4 is 10.1 Å². The summed E-state index contributed by atoms with van der Waals surface area (Å²) < 4.78 is 27.4. The third-order valence-electron chi connectivity index (χ3n) is 6.50. The molecule has 4 aromatic rings. The maximum atomic E-state index is 13.7. The maximum absolute atomic E-state index is 13.7. The Morgan fingerprint density at radius 2 is 1.86 bits per heavy atom. The lowest BCUT2D eigenvalue weighted by molar-refractivity contribution is 0.0925. The van der Waals surface area contributed by atoms with E-state index in [0.717, 1.165) is 71.3 Å². The Morgan fingerprint density at radius 1 is 1.06 bits per heavy atom. The Balaban J connectivity index is 1.45. The number of ether oxygens (including phenoxy) is 2. The minimum Gasteiger partial charge on any atom is -0.497 e. The largest absolute Gasteiger partial charge is 0.497 e. The van der Waals surface area contributed by atoms with E-state index in [4.69, 9.17) is 14.5 Å². The first-order valence-corrected chi connectivity index (χ1v) is 12.4. The number of nitrogens with one attached hydrogen (secondary N) is 1. The summed E-state index contributed by atoms with van der Waals surface area (Å²) in [5.74, 6) is 2.44. The van der Waals surface area contributed by atoms with E-state index in [1.54, 1.807) is 19.2 Å². The highest BCUT2D eigenvalue weighted by molar-refractivity contribution is 5.80. The van der Waals surface area contributed by atoms with Gasteiger partial charge in [0.1, 0.15) is 23.2 Å². The monoisotopic (exact) mass is 486 g/mol. The lowest BCUT2D eigenvalue weighted by Gasteiger charge is -2.18. The molecule has 1 aliphatic heterocycles. The number of halogens is 1. The number of hydrogen-bond acceptors (Lipinski definition) is 5. The minimum atomic E-state index is -0.258. The van der Waals surface area contributed by atoms with Crippen LogP contribution in [0.25, 0.3) is 22.5 Å². The molecular formula is C29H31FN4O2. The zero-order valence-electron chi connectivity index (χ0n) is 20.7. The molecule has 0 bridgehead atoms. The zero-order valence-corrected chi connectivity index (χ0v) is 20.7. The van der Waals surface area contributed by atoms with Gasteiger partial charge in [-0.3, -0.25) is 0 Å². The van der Waals surface area contributed by atoms with Crippen LogP contribution in [0.4, 0.5) is 10.2 Å². The van der Waals surface area contributed by atoms with E-state index in [9.17, 15) is 4.39 Å². The summed E-state index contributed by atoms with van der Waals surface area (Å²) in [5.41, 5.74) is 4.91. The number of hydrogen-bond donors (Lipinski definition) is 1. The smallest absolute Gasteiger partial charge is 0.126 e. The van der Waals surface area contributed by atoms with Gasteiger partial charge < -0.3 is 19.4 Å².